The average Bonchev–Trinajstić information content (AvgIpc) is 2.51. The number of amides is 1. The number of hydrogen-bond donors (Lipinski definition) is 2. The van der Waals surface area contributed by atoms with E-state index in [9.17, 15) is 4.79 Å². The van der Waals surface area contributed by atoms with E-state index in [0.29, 0.717) is 0 Å². The van der Waals surface area contributed by atoms with Crippen molar-refractivity contribution in [3.05, 3.63) is 57.6 Å². The van der Waals surface area contributed by atoms with Gasteiger partial charge in [-0.1, -0.05) is 28.1 Å². The molecule has 0 fully saturated rings. The van der Waals surface area contributed by atoms with Crippen LogP contribution in [0.2, 0.25) is 0 Å². The Morgan fingerprint density at radius 1 is 1.24 bits per heavy atom. The van der Waals surface area contributed by atoms with Crippen molar-refractivity contribution >= 4 is 33.2 Å². The molecule has 2 aromatic carbocycles. The van der Waals surface area contributed by atoms with Crippen LogP contribution in [0.1, 0.15) is 27.9 Å². The summed E-state index contributed by atoms with van der Waals surface area (Å²) in [4.78, 5) is 12.6. The molecule has 0 saturated heterocycles. The summed E-state index contributed by atoms with van der Waals surface area (Å²) in [6.07, 6.45) is 2.01. The molecule has 4 heteroatoms. The zero-order valence-electron chi connectivity index (χ0n) is 11.9. The van der Waals surface area contributed by atoms with Crippen molar-refractivity contribution in [2.24, 2.45) is 0 Å². The molecule has 0 radical (unpaired) electrons. The summed E-state index contributed by atoms with van der Waals surface area (Å²) in [7, 11) is 0. The smallest absolute Gasteiger partial charge is 0.256 e. The highest BCUT2D eigenvalue weighted by atomic mass is 79.9. The molecular formula is C17H17BrN2O. The van der Waals surface area contributed by atoms with E-state index in [1.807, 2.05) is 43.3 Å². The van der Waals surface area contributed by atoms with Crippen LogP contribution in [-0.2, 0) is 6.42 Å². The molecule has 0 aliphatic carbocycles. The minimum absolute atomic E-state index is 0.0447. The Labute approximate surface area is 132 Å². The Morgan fingerprint density at radius 2 is 2.05 bits per heavy atom. The first-order valence-corrected chi connectivity index (χ1v) is 7.88. The summed E-state index contributed by atoms with van der Waals surface area (Å²) in [6.45, 7) is 2.96. The molecule has 0 saturated carbocycles. The predicted molar refractivity (Wildman–Crippen MR) is 90.1 cm³/mol. The first-order chi connectivity index (χ1) is 10.2. The van der Waals surface area contributed by atoms with Gasteiger partial charge in [-0.05, 0) is 55.2 Å². The molecular weight excluding hydrogens is 328 g/mol. The van der Waals surface area contributed by atoms with Crippen molar-refractivity contribution < 1.29 is 4.79 Å². The third kappa shape index (κ3) is 2.81. The third-order valence-electron chi connectivity index (χ3n) is 3.86. The van der Waals surface area contributed by atoms with E-state index >= 15 is 0 Å². The Kier molecular flexibility index (Phi) is 3.97. The highest BCUT2D eigenvalue weighted by molar-refractivity contribution is 9.10. The lowest BCUT2D eigenvalue weighted by Gasteiger charge is -2.20. The molecule has 2 aromatic rings. The number of carbonyl (C=O) groups is 1. The molecule has 0 unspecified atom stereocenters. The van der Waals surface area contributed by atoms with Gasteiger partial charge in [0.1, 0.15) is 0 Å². The molecule has 0 atom stereocenters. The second kappa shape index (κ2) is 5.90. The monoisotopic (exact) mass is 344 g/mol. The molecule has 1 amide bonds. The largest absolute Gasteiger partial charge is 0.385 e. The molecule has 3 rings (SSSR count). The molecule has 108 valence electrons. The standard InChI is InChI=1S/C17H17BrN2O/c1-11-14(18)7-3-8-15(11)20-17(21)13-5-2-9-16-12(13)6-4-10-19-16/h2-3,5,7-9,19H,4,6,10H2,1H3,(H,20,21). The minimum atomic E-state index is -0.0447. The minimum Gasteiger partial charge on any atom is -0.385 e. The van der Waals surface area contributed by atoms with Crippen molar-refractivity contribution in [2.45, 2.75) is 19.8 Å². The number of fused-ring (bicyclic) bond motifs is 1. The highest BCUT2D eigenvalue weighted by Gasteiger charge is 2.18. The maximum Gasteiger partial charge on any atom is 0.256 e. The Hall–Kier alpha value is -1.81. The maximum atomic E-state index is 12.6. The summed E-state index contributed by atoms with van der Waals surface area (Å²) in [5.41, 5.74) is 4.84. The fraction of sp³-hybridized carbons (Fsp3) is 0.235. The van der Waals surface area contributed by atoms with Gasteiger partial charge in [0.15, 0.2) is 0 Å². The Balaban J connectivity index is 1.91. The van der Waals surface area contributed by atoms with Gasteiger partial charge in [0.25, 0.3) is 5.91 Å². The van der Waals surface area contributed by atoms with Crippen LogP contribution in [-0.4, -0.2) is 12.5 Å². The van der Waals surface area contributed by atoms with E-state index in [1.165, 1.54) is 0 Å². The van der Waals surface area contributed by atoms with E-state index in [2.05, 4.69) is 26.6 Å². The summed E-state index contributed by atoms with van der Waals surface area (Å²) < 4.78 is 0.997. The fourth-order valence-electron chi connectivity index (χ4n) is 2.66. The fourth-order valence-corrected chi connectivity index (χ4v) is 3.02. The number of hydrogen-bond acceptors (Lipinski definition) is 2. The molecule has 0 spiro atoms. The lowest BCUT2D eigenvalue weighted by molar-refractivity contribution is 0.102. The van der Waals surface area contributed by atoms with Gasteiger partial charge in [-0.25, -0.2) is 0 Å². The van der Waals surface area contributed by atoms with Crippen LogP contribution >= 0.6 is 15.9 Å². The molecule has 2 N–H and O–H groups in total. The highest BCUT2D eigenvalue weighted by Crippen LogP contribution is 2.27. The second-order valence-corrected chi connectivity index (χ2v) is 6.08. The molecule has 3 nitrogen and oxygen atoms in total. The number of carbonyl (C=O) groups excluding carboxylic acids is 1. The van der Waals surface area contributed by atoms with Crippen molar-refractivity contribution in [2.75, 3.05) is 17.2 Å². The number of nitrogens with one attached hydrogen (secondary N) is 2. The summed E-state index contributed by atoms with van der Waals surface area (Å²) in [5.74, 6) is -0.0447. The van der Waals surface area contributed by atoms with Crippen molar-refractivity contribution in [1.82, 2.24) is 0 Å². The number of halogens is 1. The lowest BCUT2D eigenvalue weighted by Crippen LogP contribution is -2.19. The lowest BCUT2D eigenvalue weighted by atomic mass is 9.97. The van der Waals surface area contributed by atoms with Crippen LogP contribution in [0.5, 0.6) is 0 Å². The molecule has 0 bridgehead atoms. The van der Waals surface area contributed by atoms with Crippen molar-refractivity contribution in [1.29, 1.82) is 0 Å². The number of anilines is 2. The average molecular weight is 345 g/mol. The molecule has 1 aliphatic heterocycles. The first-order valence-electron chi connectivity index (χ1n) is 7.09. The number of rotatable bonds is 2. The van der Waals surface area contributed by atoms with Crippen LogP contribution in [0.15, 0.2) is 40.9 Å². The quantitative estimate of drug-likeness (QED) is 0.849. The second-order valence-electron chi connectivity index (χ2n) is 5.23. The van der Waals surface area contributed by atoms with Crippen LogP contribution in [0.4, 0.5) is 11.4 Å². The van der Waals surface area contributed by atoms with Gasteiger partial charge < -0.3 is 10.6 Å². The normalized spacial score (nSPS) is 13.2. The summed E-state index contributed by atoms with van der Waals surface area (Å²) in [6, 6.07) is 11.7. The van der Waals surface area contributed by atoms with E-state index in [-0.39, 0.29) is 5.91 Å². The van der Waals surface area contributed by atoms with Crippen LogP contribution in [0.3, 0.4) is 0 Å². The van der Waals surface area contributed by atoms with Gasteiger partial charge >= 0.3 is 0 Å². The van der Waals surface area contributed by atoms with Gasteiger partial charge in [-0.15, -0.1) is 0 Å². The van der Waals surface area contributed by atoms with E-state index in [0.717, 1.165) is 51.9 Å². The van der Waals surface area contributed by atoms with Gasteiger partial charge in [0.2, 0.25) is 0 Å². The van der Waals surface area contributed by atoms with Crippen molar-refractivity contribution in [3.63, 3.8) is 0 Å². The van der Waals surface area contributed by atoms with E-state index in [1.54, 1.807) is 0 Å². The molecule has 21 heavy (non-hydrogen) atoms. The Morgan fingerprint density at radius 3 is 2.90 bits per heavy atom. The van der Waals surface area contributed by atoms with Gasteiger partial charge in [0.05, 0.1) is 0 Å². The van der Waals surface area contributed by atoms with Crippen LogP contribution < -0.4 is 10.6 Å². The van der Waals surface area contributed by atoms with E-state index in [4.69, 9.17) is 0 Å². The SMILES string of the molecule is Cc1c(Br)cccc1NC(=O)c1cccc2c1CCCN2. The van der Waals surface area contributed by atoms with Gasteiger partial charge in [0, 0.05) is 28.0 Å². The summed E-state index contributed by atoms with van der Waals surface area (Å²) >= 11 is 3.49. The first kappa shape index (κ1) is 14.1. The topological polar surface area (TPSA) is 41.1 Å². The number of benzene rings is 2. The zero-order chi connectivity index (χ0) is 14.8. The summed E-state index contributed by atoms with van der Waals surface area (Å²) in [5, 5.41) is 6.38. The molecule has 1 aliphatic rings. The zero-order valence-corrected chi connectivity index (χ0v) is 13.5. The van der Waals surface area contributed by atoms with Crippen LogP contribution in [0.25, 0.3) is 0 Å². The van der Waals surface area contributed by atoms with Gasteiger partial charge in [-0.2, -0.15) is 0 Å². The molecule has 1 heterocycles. The third-order valence-corrected chi connectivity index (χ3v) is 4.71. The Bertz CT molecular complexity index is 697. The molecule has 0 aromatic heterocycles. The van der Waals surface area contributed by atoms with Gasteiger partial charge in [-0.3, -0.25) is 4.79 Å². The van der Waals surface area contributed by atoms with Crippen molar-refractivity contribution in [3.8, 4) is 0 Å². The van der Waals surface area contributed by atoms with Crippen LogP contribution in [0, 0.1) is 6.92 Å². The van der Waals surface area contributed by atoms with E-state index < -0.39 is 0 Å². The maximum absolute atomic E-state index is 12.6. The predicted octanol–water partition coefficient (Wildman–Crippen LogP) is 4.37.